The van der Waals surface area contributed by atoms with Gasteiger partial charge in [0.25, 0.3) is 0 Å². The lowest BCUT2D eigenvalue weighted by molar-refractivity contribution is 1.21. The zero-order valence-corrected chi connectivity index (χ0v) is 7.08. The predicted molar refractivity (Wildman–Crippen MR) is 49.8 cm³/mol. The molecule has 2 aromatic rings. The van der Waals surface area contributed by atoms with E-state index in [1.165, 1.54) is 0 Å². The van der Waals surface area contributed by atoms with E-state index in [1.54, 1.807) is 29.9 Å². The Morgan fingerprint density at radius 1 is 1.33 bits per heavy atom. The highest BCUT2D eigenvalue weighted by Crippen LogP contribution is 2.28. The predicted octanol–water partition coefficient (Wildman–Crippen LogP) is 1.79. The summed E-state index contributed by atoms with van der Waals surface area (Å²) in [6.07, 6.45) is 5.02. The molecule has 0 radical (unpaired) electrons. The minimum atomic E-state index is 0.764. The molecule has 4 heteroatoms. The SMILES string of the molecule is Nc1ccsc1-c1cnccn1. The van der Waals surface area contributed by atoms with Gasteiger partial charge in [-0.15, -0.1) is 11.3 Å². The summed E-state index contributed by atoms with van der Waals surface area (Å²) in [6, 6.07) is 1.87. The molecule has 0 aliphatic heterocycles. The molecule has 0 saturated heterocycles. The number of nitrogens with zero attached hydrogens (tertiary/aromatic N) is 2. The maximum absolute atomic E-state index is 5.72. The molecule has 2 aromatic heterocycles. The van der Waals surface area contributed by atoms with E-state index in [0.717, 1.165) is 16.3 Å². The Morgan fingerprint density at radius 2 is 2.25 bits per heavy atom. The van der Waals surface area contributed by atoms with Crippen molar-refractivity contribution < 1.29 is 0 Å². The highest BCUT2D eigenvalue weighted by Gasteiger charge is 2.03. The third kappa shape index (κ3) is 1.16. The summed E-state index contributed by atoms with van der Waals surface area (Å²) in [5.74, 6) is 0. The molecule has 0 saturated carbocycles. The summed E-state index contributed by atoms with van der Waals surface area (Å²) in [7, 11) is 0. The van der Waals surface area contributed by atoms with Crippen molar-refractivity contribution in [2.75, 3.05) is 5.73 Å². The standard InChI is InChI=1S/C8H7N3S/c9-6-1-4-12-8(6)7-5-10-2-3-11-7/h1-5H,9H2. The normalized spacial score (nSPS) is 10.0. The molecule has 0 bridgehead atoms. The maximum atomic E-state index is 5.72. The van der Waals surface area contributed by atoms with Crippen LogP contribution < -0.4 is 5.73 Å². The average Bonchev–Trinajstić information content (AvgIpc) is 2.53. The summed E-state index contributed by atoms with van der Waals surface area (Å²) in [4.78, 5) is 9.11. The Hall–Kier alpha value is -1.42. The number of hydrogen-bond donors (Lipinski definition) is 1. The Bertz CT molecular complexity index is 369. The molecule has 2 N–H and O–H groups in total. The van der Waals surface area contributed by atoms with Gasteiger partial charge in [-0.3, -0.25) is 9.97 Å². The van der Waals surface area contributed by atoms with Crippen LogP contribution in [0.25, 0.3) is 10.6 Å². The summed E-state index contributed by atoms with van der Waals surface area (Å²) < 4.78 is 0. The molecule has 60 valence electrons. The lowest BCUT2D eigenvalue weighted by Gasteiger charge is -1.95. The lowest BCUT2D eigenvalue weighted by Crippen LogP contribution is -1.86. The monoisotopic (exact) mass is 177 g/mol. The van der Waals surface area contributed by atoms with Gasteiger partial charge in [0.2, 0.25) is 0 Å². The molecule has 2 rings (SSSR count). The molecule has 0 aromatic carbocycles. The fourth-order valence-corrected chi connectivity index (χ4v) is 1.72. The molecule has 0 aliphatic carbocycles. The number of hydrogen-bond acceptors (Lipinski definition) is 4. The van der Waals surface area contributed by atoms with Crippen LogP contribution in [0.4, 0.5) is 5.69 Å². The van der Waals surface area contributed by atoms with E-state index < -0.39 is 0 Å². The quantitative estimate of drug-likeness (QED) is 0.722. The molecule has 0 aliphatic rings. The van der Waals surface area contributed by atoms with Gasteiger partial charge in [0.15, 0.2) is 0 Å². The van der Waals surface area contributed by atoms with E-state index in [9.17, 15) is 0 Å². The van der Waals surface area contributed by atoms with E-state index in [4.69, 9.17) is 5.73 Å². The zero-order valence-electron chi connectivity index (χ0n) is 6.27. The van der Waals surface area contributed by atoms with Crippen LogP contribution in [0.2, 0.25) is 0 Å². The van der Waals surface area contributed by atoms with Crippen LogP contribution in [-0.4, -0.2) is 9.97 Å². The van der Waals surface area contributed by atoms with E-state index in [1.807, 2.05) is 11.4 Å². The minimum absolute atomic E-state index is 0.764. The van der Waals surface area contributed by atoms with Crippen molar-refractivity contribution in [3.8, 4) is 10.6 Å². The first-order valence-corrected chi connectivity index (χ1v) is 4.35. The first-order valence-electron chi connectivity index (χ1n) is 3.47. The van der Waals surface area contributed by atoms with E-state index in [-0.39, 0.29) is 0 Å². The number of thiophene rings is 1. The van der Waals surface area contributed by atoms with Crippen molar-refractivity contribution in [3.05, 3.63) is 30.0 Å². The third-order valence-electron chi connectivity index (χ3n) is 1.49. The number of aromatic nitrogens is 2. The molecule has 12 heavy (non-hydrogen) atoms. The molecular formula is C8H7N3S. The maximum Gasteiger partial charge on any atom is 0.101 e. The lowest BCUT2D eigenvalue weighted by atomic mass is 10.3. The zero-order chi connectivity index (χ0) is 8.39. The van der Waals surface area contributed by atoms with Gasteiger partial charge in [0.05, 0.1) is 16.8 Å². The molecule has 3 nitrogen and oxygen atoms in total. The summed E-state index contributed by atoms with van der Waals surface area (Å²) in [5, 5.41) is 1.94. The second-order valence-electron chi connectivity index (χ2n) is 2.30. The van der Waals surface area contributed by atoms with Crippen LogP contribution in [0.1, 0.15) is 0 Å². The van der Waals surface area contributed by atoms with Gasteiger partial charge < -0.3 is 5.73 Å². The highest BCUT2D eigenvalue weighted by atomic mass is 32.1. The molecule has 2 heterocycles. The van der Waals surface area contributed by atoms with Crippen LogP contribution in [0.5, 0.6) is 0 Å². The molecule has 0 spiro atoms. The van der Waals surface area contributed by atoms with Crippen molar-refractivity contribution in [1.82, 2.24) is 9.97 Å². The van der Waals surface area contributed by atoms with E-state index >= 15 is 0 Å². The minimum Gasteiger partial charge on any atom is -0.397 e. The number of nitrogen functional groups attached to an aromatic ring is 1. The fourth-order valence-electron chi connectivity index (χ4n) is 0.944. The van der Waals surface area contributed by atoms with Crippen LogP contribution >= 0.6 is 11.3 Å². The van der Waals surface area contributed by atoms with Crippen molar-refractivity contribution in [1.29, 1.82) is 0 Å². The van der Waals surface area contributed by atoms with E-state index in [0.29, 0.717) is 0 Å². The van der Waals surface area contributed by atoms with Crippen molar-refractivity contribution in [2.24, 2.45) is 0 Å². The van der Waals surface area contributed by atoms with Gasteiger partial charge in [-0.05, 0) is 11.4 Å². The van der Waals surface area contributed by atoms with Crippen LogP contribution in [0, 0.1) is 0 Å². The summed E-state index contributed by atoms with van der Waals surface area (Å²) in [6.45, 7) is 0. The van der Waals surface area contributed by atoms with Crippen LogP contribution in [0.3, 0.4) is 0 Å². The van der Waals surface area contributed by atoms with E-state index in [2.05, 4.69) is 9.97 Å². The number of anilines is 1. The van der Waals surface area contributed by atoms with Crippen molar-refractivity contribution in [2.45, 2.75) is 0 Å². The molecule has 0 unspecified atom stereocenters. The smallest absolute Gasteiger partial charge is 0.101 e. The fraction of sp³-hybridized carbons (Fsp3) is 0. The first kappa shape index (κ1) is 7.24. The Morgan fingerprint density at radius 3 is 2.83 bits per heavy atom. The second-order valence-corrected chi connectivity index (χ2v) is 3.21. The van der Waals surface area contributed by atoms with Crippen LogP contribution in [-0.2, 0) is 0 Å². The van der Waals surface area contributed by atoms with Crippen LogP contribution in [0.15, 0.2) is 30.0 Å². The summed E-state index contributed by atoms with van der Waals surface area (Å²) in [5.41, 5.74) is 7.32. The largest absolute Gasteiger partial charge is 0.397 e. The topological polar surface area (TPSA) is 51.8 Å². The Kier molecular flexibility index (Phi) is 1.75. The molecule has 0 amide bonds. The molecule has 0 fully saturated rings. The number of nitrogens with two attached hydrogens (primary N) is 1. The molecular weight excluding hydrogens is 170 g/mol. The second kappa shape index (κ2) is 2.91. The Labute approximate surface area is 73.9 Å². The van der Waals surface area contributed by atoms with Crippen molar-refractivity contribution >= 4 is 17.0 Å². The summed E-state index contributed by atoms with van der Waals surface area (Å²) >= 11 is 1.58. The van der Waals surface area contributed by atoms with Gasteiger partial charge >= 0.3 is 0 Å². The number of rotatable bonds is 1. The van der Waals surface area contributed by atoms with Gasteiger partial charge in [0, 0.05) is 12.4 Å². The van der Waals surface area contributed by atoms with Gasteiger partial charge in [-0.1, -0.05) is 0 Å². The molecule has 0 atom stereocenters. The highest BCUT2D eigenvalue weighted by molar-refractivity contribution is 7.14. The van der Waals surface area contributed by atoms with Gasteiger partial charge in [-0.25, -0.2) is 0 Å². The van der Waals surface area contributed by atoms with Gasteiger partial charge in [0.1, 0.15) is 5.69 Å². The first-order chi connectivity index (χ1) is 5.88. The van der Waals surface area contributed by atoms with Crippen molar-refractivity contribution in [3.63, 3.8) is 0 Å². The van der Waals surface area contributed by atoms with Gasteiger partial charge in [-0.2, -0.15) is 0 Å². The Balaban J connectivity index is 2.51. The average molecular weight is 177 g/mol. The third-order valence-corrected chi connectivity index (χ3v) is 2.44.